The van der Waals surface area contributed by atoms with Gasteiger partial charge in [0.15, 0.2) is 5.16 Å². The molecule has 0 radical (unpaired) electrons. The number of nitrogens with one attached hydrogen (secondary N) is 2. The lowest BCUT2D eigenvalue weighted by Crippen LogP contribution is -2.26. The highest BCUT2D eigenvalue weighted by molar-refractivity contribution is 7.99. The summed E-state index contributed by atoms with van der Waals surface area (Å²) in [5.41, 5.74) is 0.912. The maximum atomic E-state index is 13.2. The number of aromatic nitrogens is 3. The van der Waals surface area contributed by atoms with Gasteiger partial charge in [0.1, 0.15) is 11.0 Å². The van der Waals surface area contributed by atoms with Gasteiger partial charge < -0.3 is 10.3 Å². The molecule has 6 nitrogen and oxygen atoms in total. The lowest BCUT2D eigenvalue weighted by atomic mass is 10.1. The fraction of sp³-hybridized carbons (Fsp3) is 0.208. The average Bonchev–Trinajstić information content (AvgIpc) is 3.22. The van der Waals surface area contributed by atoms with Crippen LogP contribution in [0.4, 0.5) is 18.9 Å². The summed E-state index contributed by atoms with van der Waals surface area (Å²) < 4.78 is 41.1. The predicted octanol–water partition coefficient (Wildman–Crippen LogP) is 5.72. The molecular weight excluding hydrogens is 465 g/mol. The zero-order valence-electron chi connectivity index (χ0n) is 18.3. The molecule has 2 aromatic heterocycles. The van der Waals surface area contributed by atoms with Crippen molar-refractivity contribution in [2.45, 2.75) is 31.2 Å². The molecule has 0 atom stereocenters. The van der Waals surface area contributed by atoms with Crippen LogP contribution in [0.5, 0.6) is 0 Å². The summed E-state index contributed by atoms with van der Waals surface area (Å²) in [7, 11) is 0. The Morgan fingerprint density at radius 1 is 1.12 bits per heavy atom. The van der Waals surface area contributed by atoms with E-state index in [0.29, 0.717) is 16.2 Å². The molecule has 2 N–H and O–H groups in total. The van der Waals surface area contributed by atoms with Crippen molar-refractivity contribution < 1.29 is 18.0 Å². The van der Waals surface area contributed by atoms with Gasteiger partial charge in [-0.1, -0.05) is 54.2 Å². The van der Waals surface area contributed by atoms with Gasteiger partial charge in [0.25, 0.3) is 5.56 Å². The molecule has 0 aliphatic carbocycles. The Morgan fingerprint density at radius 3 is 2.47 bits per heavy atom. The molecule has 4 rings (SSSR count). The van der Waals surface area contributed by atoms with E-state index in [1.54, 1.807) is 6.20 Å². The Morgan fingerprint density at radius 2 is 1.79 bits per heavy atom. The number of alkyl halides is 3. The zero-order valence-corrected chi connectivity index (χ0v) is 19.1. The van der Waals surface area contributed by atoms with Crippen LogP contribution in [0.25, 0.3) is 22.2 Å². The lowest BCUT2D eigenvalue weighted by Gasteiger charge is -2.16. The third kappa shape index (κ3) is 4.72. The Hall–Kier alpha value is -3.53. The first-order chi connectivity index (χ1) is 16.2. The molecule has 0 aliphatic rings. The molecule has 1 amide bonds. The van der Waals surface area contributed by atoms with Gasteiger partial charge in [0.2, 0.25) is 5.91 Å². The van der Waals surface area contributed by atoms with E-state index in [-0.39, 0.29) is 23.0 Å². The van der Waals surface area contributed by atoms with Crippen LogP contribution in [0.1, 0.15) is 25.5 Å². The van der Waals surface area contributed by atoms with Gasteiger partial charge in [-0.3, -0.25) is 14.2 Å². The topological polar surface area (TPSA) is 79.8 Å². The molecule has 2 aromatic carbocycles. The first-order valence-electron chi connectivity index (χ1n) is 10.4. The number of thioether (sulfide) groups is 1. The van der Waals surface area contributed by atoms with E-state index < -0.39 is 17.6 Å². The second-order valence-electron chi connectivity index (χ2n) is 7.84. The molecular formula is C24H21F3N4O2S. The van der Waals surface area contributed by atoms with Crippen LogP contribution in [0.3, 0.4) is 0 Å². The molecule has 0 saturated heterocycles. The van der Waals surface area contributed by atoms with Crippen LogP contribution in [0.15, 0.2) is 70.7 Å². The summed E-state index contributed by atoms with van der Waals surface area (Å²) in [4.78, 5) is 33.4. The first kappa shape index (κ1) is 23.6. The summed E-state index contributed by atoms with van der Waals surface area (Å²) in [6, 6.07) is 14.0. The van der Waals surface area contributed by atoms with E-state index in [0.717, 1.165) is 29.0 Å². The van der Waals surface area contributed by atoms with Crippen molar-refractivity contribution >= 4 is 34.4 Å². The number of para-hydroxylation sites is 1. The third-order valence-corrected chi connectivity index (χ3v) is 6.09. The average molecular weight is 487 g/mol. The number of nitrogens with zero attached hydrogens (tertiary/aromatic N) is 2. The smallest absolute Gasteiger partial charge is 0.355 e. The molecule has 0 aliphatic heterocycles. The minimum absolute atomic E-state index is 0.220. The van der Waals surface area contributed by atoms with E-state index >= 15 is 0 Å². The van der Waals surface area contributed by atoms with Crippen molar-refractivity contribution in [3.63, 3.8) is 0 Å². The highest BCUT2D eigenvalue weighted by Crippen LogP contribution is 2.35. The SMILES string of the molecule is CC(C)n1c(SCC(=O)Nc2ccccc2C(F)(F)F)nc2c(-c3ccccc3)c[nH]c2c1=O. The van der Waals surface area contributed by atoms with Crippen molar-refractivity contribution in [1.82, 2.24) is 14.5 Å². The number of hydrogen-bond acceptors (Lipinski definition) is 4. The minimum Gasteiger partial charge on any atom is -0.355 e. The monoisotopic (exact) mass is 486 g/mol. The molecule has 4 aromatic rings. The Kier molecular flexibility index (Phi) is 6.52. The van der Waals surface area contributed by atoms with E-state index in [9.17, 15) is 22.8 Å². The molecule has 0 saturated carbocycles. The number of halogens is 3. The second kappa shape index (κ2) is 9.38. The summed E-state index contributed by atoms with van der Waals surface area (Å²) >= 11 is 0.997. The number of anilines is 1. The second-order valence-corrected chi connectivity index (χ2v) is 8.78. The van der Waals surface area contributed by atoms with Gasteiger partial charge in [0.05, 0.1) is 17.0 Å². The highest BCUT2D eigenvalue weighted by atomic mass is 32.2. The zero-order chi connectivity index (χ0) is 24.5. The van der Waals surface area contributed by atoms with E-state index in [1.165, 1.54) is 22.8 Å². The predicted molar refractivity (Wildman–Crippen MR) is 127 cm³/mol. The maximum Gasteiger partial charge on any atom is 0.418 e. The Bertz CT molecular complexity index is 1400. The fourth-order valence-corrected chi connectivity index (χ4v) is 4.52. The number of carbonyl (C=O) groups excluding carboxylic acids is 1. The van der Waals surface area contributed by atoms with Crippen molar-refractivity contribution in [2.24, 2.45) is 0 Å². The van der Waals surface area contributed by atoms with Crippen molar-refractivity contribution in [3.8, 4) is 11.1 Å². The van der Waals surface area contributed by atoms with Crippen LogP contribution in [0, 0.1) is 0 Å². The minimum atomic E-state index is -4.59. The van der Waals surface area contributed by atoms with Gasteiger partial charge >= 0.3 is 6.18 Å². The standard InChI is InChI=1S/C24H21F3N4O2S/c1-14(2)31-22(33)21-20(16(12-28-21)15-8-4-3-5-9-15)30-23(31)34-13-19(32)29-18-11-7-6-10-17(18)24(25,26)27/h3-12,14,28H,13H2,1-2H3,(H,29,32). The van der Waals surface area contributed by atoms with Gasteiger partial charge in [-0.2, -0.15) is 13.2 Å². The number of fused-ring (bicyclic) bond motifs is 1. The number of carbonyl (C=O) groups is 1. The lowest BCUT2D eigenvalue weighted by molar-refractivity contribution is -0.137. The number of rotatable bonds is 6. The maximum absolute atomic E-state index is 13.2. The van der Waals surface area contributed by atoms with E-state index in [2.05, 4.69) is 15.3 Å². The summed E-state index contributed by atoms with van der Waals surface area (Å²) in [6.45, 7) is 3.64. The summed E-state index contributed by atoms with van der Waals surface area (Å²) in [5, 5.41) is 2.63. The van der Waals surface area contributed by atoms with Crippen LogP contribution >= 0.6 is 11.8 Å². The number of aromatic amines is 1. The van der Waals surface area contributed by atoms with Gasteiger partial charge in [-0.15, -0.1) is 0 Å². The highest BCUT2D eigenvalue weighted by Gasteiger charge is 2.33. The first-order valence-corrected chi connectivity index (χ1v) is 11.4. The summed E-state index contributed by atoms with van der Waals surface area (Å²) in [5.74, 6) is -0.856. The van der Waals surface area contributed by atoms with E-state index in [4.69, 9.17) is 0 Å². The van der Waals surface area contributed by atoms with Crippen LogP contribution < -0.4 is 10.9 Å². The number of hydrogen-bond donors (Lipinski definition) is 2. The quantitative estimate of drug-likeness (QED) is 0.270. The molecule has 2 heterocycles. The van der Waals surface area contributed by atoms with Crippen LogP contribution in [-0.4, -0.2) is 26.2 Å². The Balaban J connectivity index is 1.65. The largest absolute Gasteiger partial charge is 0.418 e. The van der Waals surface area contributed by atoms with Gasteiger partial charge in [0, 0.05) is 17.8 Å². The molecule has 0 fully saturated rings. The van der Waals surface area contributed by atoms with Crippen LogP contribution in [-0.2, 0) is 11.0 Å². The number of benzene rings is 2. The van der Waals surface area contributed by atoms with Crippen molar-refractivity contribution in [1.29, 1.82) is 0 Å². The number of amides is 1. The molecule has 0 spiro atoms. The van der Waals surface area contributed by atoms with Gasteiger partial charge in [-0.25, -0.2) is 4.98 Å². The normalized spacial score (nSPS) is 11.8. The molecule has 34 heavy (non-hydrogen) atoms. The van der Waals surface area contributed by atoms with Crippen molar-refractivity contribution in [3.05, 3.63) is 76.7 Å². The third-order valence-electron chi connectivity index (χ3n) is 5.14. The molecule has 10 heteroatoms. The number of H-pyrrole nitrogens is 1. The molecule has 0 unspecified atom stereocenters. The van der Waals surface area contributed by atoms with E-state index in [1.807, 2.05) is 44.2 Å². The summed E-state index contributed by atoms with van der Waals surface area (Å²) in [6.07, 6.45) is -2.88. The fourth-order valence-electron chi connectivity index (χ4n) is 3.60. The van der Waals surface area contributed by atoms with Crippen LogP contribution in [0.2, 0.25) is 0 Å². The Labute approximate surface area is 197 Å². The van der Waals surface area contributed by atoms with Gasteiger partial charge in [-0.05, 0) is 31.5 Å². The van der Waals surface area contributed by atoms with Crippen molar-refractivity contribution in [2.75, 3.05) is 11.1 Å². The molecule has 176 valence electrons. The molecule has 0 bridgehead atoms.